The van der Waals surface area contributed by atoms with Crippen molar-refractivity contribution in [2.45, 2.75) is 84.3 Å². The number of hydrogen-bond acceptors (Lipinski definition) is 2. The Balaban J connectivity index is 2.34. The third-order valence-electron chi connectivity index (χ3n) is 5.74. The van der Waals surface area contributed by atoms with Gasteiger partial charge in [-0.15, -0.1) is 0 Å². The Kier molecular flexibility index (Phi) is 7.79. The summed E-state index contributed by atoms with van der Waals surface area (Å²) in [7, 11) is 0. The highest BCUT2D eigenvalue weighted by Gasteiger charge is 2.44. The molecule has 25 heavy (non-hydrogen) atoms. The van der Waals surface area contributed by atoms with Crippen molar-refractivity contribution in [3.8, 4) is 0 Å². The van der Waals surface area contributed by atoms with Gasteiger partial charge in [0.05, 0.1) is 0 Å². The lowest BCUT2D eigenvalue weighted by Gasteiger charge is -2.51. The maximum Gasteiger partial charge on any atom is 0.0464 e. The van der Waals surface area contributed by atoms with E-state index in [0.717, 1.165) is 5.02 Å². The van der Waals surface area contributed by atoms with E-state index >= 15 is 0 Å². The molecule has 0 saturated heterocycles. The topological polar surface area (TPSA) is 15.3 Å². The summed E-state index contributed by atoms with van der Waals surface area (Å²) < 4.78 is 0. The number of benzene rings is 1. The average molecular weight is 365 g/mol. The van der Waals surface area contributed by atoms with E-state index in [2.05, 4.69) is 69.1 Å². The fourth-order valence-corrected chi connectivity index (χ4v) is 4.83. The molecule has 142 valence electrons. The summed E-state index contributed by atoms with van der Waals surface area (Å²) in [4.78, 5) is 2.76. The van der Waals surface area contributed by atoms with Crippen molar-refractivity contribution in [2.75, 3.05) is 13.1 Å². The second-order valence-electron chi connectivity index (χ2n) is 8.17. The summed E-state index contributed by atoms with van der Waals surface area (Å²) in [6.45, 7) is 13.9. The summed E-state index contributed by atoms with van der Waals surface area (Å²) >= 11 is 6.18. The van der Waals surface area contributed by atoms with Gasteiger partial charge in [-0.05, 0) is 68.8 Å². The molecule has 3 atom stereocenters. The lowest BCUT2D eigenvalue weighted by Crippen LogP contribution is -2.54. The Morgan fingerprint density at radius 3 is 2.24 bits per heavy atom. The van der Waals surface area contributed by atoms with E-state index in [0.29, 0.717) is 18.0 Å². The predicted molar refractivity (Wildman–Crippen MR) is 110 cm³/mol. The molecule has 0 aliphatic heterocycles. The Bertz CT molecular complexity index is 507. The summed E-state index contributed by atoms with van der Waals surface area (Å²) in [5, 5.41) is 4.63. The van der Waals surface area contributed by atoms with E-state index in [1.807, 2.05) is 0 Å². The zero-order valence-electron chi connectivity index (χ0n) is 16.8. The van der Waals surface area contributed by atoms with Gasteiger partial charge >= 0.3 is 0 Å². The lowest BCUT2D eigenvalue weighted by atomic mass is 9.69. The Labute approximate surface area is 160 Å². The van der Waals surface area contributed by atoms with Gasteiger partial charge in [0.25, 0.3) is 0 Å². The van der Waals surface area contributed by atoms with Crippen LogP contribution >= 0.6 is 11.6 Å². The molecule has 2 nitrogen and oxygen atoms in total. The van der Waals surface area contributed by atoms with Gasteiger partial charge in [0.1, 0.15) is 0 Å². The van der Waals surface area contributed by atoms with Gasteiger partial charge in [-0.1, -0.05) is 58.4 Å². The van der Waals surface area contributed by atoms with Gasteiger partial charge in [-0.25, -0.2) is 0 Å². The molecule has 1 aliphatic rings. The number of nitrogens with zero attached hydrogens (tertiary/aromatic N) is 1. The molecule has 1 aromatic carbocycles. The first-order chi connectivity index (χ1) is 11.9. The molecule has 0 aromatic heterocycles. The van der Waals surface area contributed by atoms with Crippen LogP contribution in [0.4, 0.5) is 0 Å². The molecule has 1 aromatic rings. The van der Waals surface area contributed by atoms with Gasteiger partial charge in [-0.2, -0.15) is 0 Å². The minimum absolute atomic E-state index is 0.158. The normalized spacial score (nSPS) is 27.2. The molecular weight excluding hydrogens is 328 g/mol. The van der Waals surface area contributed by atoms with Crippen molar-refractivity contribution >= 4 is 11.6 Å². The third kappa shape index (κ3) is 4.99. The maximum absolute atomic E-state index is 6.18. The van der Waals surface area contributed by atoms with E-state index in [4.69, 9.17) is 11.6 Å². The minimum atomic E-state index is 0.158. The fraction of sp³-hybridized carbons (Fsp3) is 0.727. The van der Waals surface area contributed by atoms with Gasteiger partial charge < -0.3 is 5.32 Å². The molecule has 2 rings (SSSR count). The SMILES string of the molecule is CCCN(CCC)C1(c2ccc(Cl)cc2)CCC(NC(C)C)C(C)C1. The predicted octanol–water partition coefficient (Wildman–Crippen LogP) is 5.84. The molecule has 0 bridgehead atoms. The molecule has 1 saturated carbocycles. The summed E-state index contributed by atoms with van der Waals surface area (Å²) in [6.07, 6.45) is 6.10. The van der Waals surface area contributed by atoms with Crippen LogP contribution in [0, 0.1) is 5.92 Å². The number of halogens is 1. The molecular formula is C22H37ClN2. The van der Waals surface area contributed by atoms with Crippen molar-refractivity contribution in [2.24, 2.45) is 5.92 Å². The molecule has 3 heteroatoms. The first-order valence-electron chi connectivity index (χ1n) is 10.2. The highest BCUT2D eigenvalue weighted by molar-refractivity contribution is 6.30. The van der Waals surface area contributed by atoms with Crippen molar-refractivity contribution in [3.05, 3.63) is 34.9 Å². The molecule has 0 heterocycles. The first kappa shape index (κ1) is 20.7. The first-order valence-corrected chi connectivity index (χ1v) is 10.6. The molecule has 1 N–H and O–H groups in total. The van der Waals surface area contributed by atoms with Crippen LogP contribution in [-0.4, -0.2) is 30.1 Å². The van der Waals surface area contributed by atoms with Crippen LogP contribution in [0.1, 0.15) is 72.3 Å². The molecule has 0 spiro atoms. The lowest BCUT2D eigenvalue weighted by molar-refractivity contribution is 0.0150. The standard InChI is InChI=1S/C22H37ClN2/c1-6-14-25(15-7-2)22(19-8-10-20(23)11-9-19)13-12-21(18(5)16-22)24-17(3)4/h8-11,17-18,21,24H,6-7,12-16H2,1-5H3. The second-order valence-corrected chi connectivity index (χ2v) is 8.61. The zero-order valence-corrected chi connectivity index (χ0v) is 17.6. The van der Waals surface area contributed by atoms with Gasteiger partial charge in [0.2, 0.25) is 0 Å². The van der Waals surface area contributed by atoms with Crippen LogP contribution in [0.5, 0.6) is 0 Å². The monoisotopic (exact) mass is 364 g/mol. The highest BCUT2D eigenvalue weighted by Crippen LogP contribution is 2.45. The van der Waals surface area contributed by atoms with Crippen molar-refractivity contribution < 1.29 is 0 Å². The van der Waals surface area contributed by atoms with Crippen LogP contribution in [0.15, 0.2) is 24.3 Å². The fourth-order valence-electron chi connectivity index (χ4n) is 4.70. The van der Waals surface area contributed by atoms with Gasteiger partial charge in [0.15, 0.2) is 0 Å². The molecule has 0 amide bonds. The van der Waals surface area contributed by atoms with E-state index < -0.39 is 0 Å². The van der Waals surface area contributed by atoms with Crippen molar-refractivity contribution in [3.63, 3.8) is 0 Å². The molecule has 3 unspecified atom stereocenters. The van der Waals surface area contributed by atoms with E-state index in [9.17, 15) is 0 Å². The molecule has 0 radical (unpaired) electrons. The van der Waals surface area contributed by atoms with Gasteiger partial charge in [0, 0.05) is 22.6 Å². The smallest absolute Gasteiger partial charge is 0.0464 e. The van der Waals surface area contributed by atoms with Crippen molar-refractivity contribution in [1.29, 1.82) is 0 Å². The van der Waals surface area contributed by atoms with Gasteiger partial charge in [-0.3, -0.25) is 4.90 Å². The van der Waals surface area contributed by atoms with Crippen LogP contribution in [-0.2, 0) is 5.54 Å². The quantitative estimate of drug-likeness (QED) is 0.622. The van der Waals surface area contributed by atoms with Crippen LogP contribution in [0.3, 0.4) is 0 Å². The van der Waals surface area contributed by atoms with E-state index in [1.165, 1.54) is 50.8 Å². The zero-order chi connectivity index (χ0) is 18.4. The number of rotatable bonds is 8. The Morgan fingerprint density at radius 1 is 1.16 bits per heavy atom. The minimum Gasteiger partial charge on any atom is -0.312 e. The number of nitrogens with one attached hydrogen (secondary N) is 1. The Hall–Kier alpha value is -0.570. The summed E-state index contributed by atoms with van der Waals surface area (Å²) in [6, 6.07) is 9.85. The van der Waals surface area contributed by atoms with Crippen LogP contribution < -0.4 is 5.32 Å². The average Bonchev–Trinajstić information content (AvgIpc) is 2.57. The highest BCUT2D eigenvalue weighted by atomic mass is 35.5. The number of hydrogen-bond donors (Lipinski definition) is 1. The second kappa shape index (κ2) is 9.39. The van der Waals surface area contributed by atoms with Crippen LogP contribution in [0.25, 0.3) is 0 Å². The van der Waals surface area contributed by atoms with Crippen molar-refractivity contribution in [1.82, 2.24) is 10.2 Å². The van der Waals surface area contributed by atoms with Crippen LogP contribution in [0.2, 0.25) is 5.02 Å². The molecule has 1 fully saturated rings. The Morgan fingerprint density at radius 2 is 1.76 bits per heavy atom. The summed E-state index contributed by atoms with van der Waals surface area (Å²) in [5.41, 5.74) is 1.61. The van der Waals surface area contributed by atoms with E-state index in [1.54, 1.807) is 0 Å². The largest absolute Gasteiger partial charge is 0.312 e. The maximum atomic E-state index is 6.18. The third-order valence-corrected chi connectivity index (χ3v) is 5.99. The molecule has 1 aliphatic carbocycles. The summed E-state index contributed by atoms with van der Waals surface area (Å²) in [5.74, 6) is 0.669. The van der Waals surface area contributed by atoms with E-state index in [-0.39, 0.29) is 5.54 Å².